The normalized spacial score (nSPS) is 40.9. The van der Waals surface area contributed by atoms with Crippen molar-refractivity contribution in [1.82, 2.24) is 10.2 Å². The highest BCUT2D eigenvalue weighted by Gasteiger charge is 2.49. The molecule has 94 valence electrons. The van der Waals surface area contributed by atoms with Gasteiger partial charge in [0.05, 0.1) is 0 Å². The first-order valence-corrected chi connectivity index (χ1v) is 6.49. The smallest absolute Gasteiger partial charge is 0.240 e. The third-order valence-electron chi connectivity index (χ3n) is 4.54. The molecule has 3 aliphatic heterocycles. The molecule has 0 unspecified atom stereocenters. The highest BCUT2D eigenvalue weighted by molar-refractivity contribution is 5.88. The number of piperidine rings is 3. The van der Waals surface area contributed by atoms with Crippen LogP contribution in [0.5, 0.6) is 0 Å². The molecular weight excluding hydrogens is 218 g/mol. The number of nitrogens with two attached hydrogens (primary N) is 1. The Kier molecular flexibility index (Phi) is 2.58. The van der Waals surface area contributed by atoms with Gasteiger partial charge in [-0.15, -0.1) is 0 Å². The molecule has 3 aliphatic rings. The second-order valence-corrected chi connectivity index (χ2v) is 5.52. The van der Waals surface area contributed by atoms with Gasteiger partial charge in [-0.2, -0.15) is 0 Å². The number of carbonyl (C=O) groups is 2. The number of fused-ring (bicyclic) bond motifs is 4. The van der Waals surface area contributed by atoms with E-state index < -0.39 is 0 Å². The highest BCUT2D eigenvalue weighted by atomic mass is 16.2. The van der Waals surface area contributed by atoms with E-state index in [9.17, 15) is 9.59 Å². The van der Waals surface area contributed by atoms with Gasteiger partial charge in [-0.3, -0.25) is 9.59 Å². The summed E-state index contributed by atoms with van der Waals surface area (Å²) < 4.78 is 0. The molecule has 0 aromatic heterocycles. The first kappa shape index (κ1) is 11.0. The summed E-state index contributed by atoms with van der Waals surface area (Å²) >= 11 is 0. The summed E-state index contributed by atoms with van der Waals surface area (Å²) in [4.78, 5) is 25.6. The topological polar surface area (TPSA) is 75.4 Å². The van der Waals surface area contributed by atoms with Gasteiger partial charge in [0.25, 0.3) is 0 Å². The zero-order chi connectivity index (χ0) is 12.0. The Morgan fingerprint density at radius 3 is 2.88 bits per heavy atom. The maximum Gasteiger partial charge on any atom is 0.240 e. The molecule has 0 aromatic carbocycles. The molecule has 2 amide bonds. The number of nitrogens with one attached hydrogen (secondary N) is 1. The summed E-state index contributed by atoms with van der Waals surface area (Å²) in [6.45, 7) is 1.77. The lowest BCUT2D eigenvalue weighted by Crippen LogP contribution is -2.67. The number of nitrogens with zero attached hydrogens (tertiary/aromatic N) is 1. The van der Waals surface area contributed by atoms with E-state index >= 15 is 0 Å². The lowest BCUT2D eigenvalue weighted by Gasteiger charge is -2.53. The molecule has 3 N–H and O–H groups in total. The van der Waals surface area contributed by atoms with Gasteiger partial charge < -0.3 is 16.0 Å². The molecule has 3 rings (SSSR count). The second kappa shape index (κ2) is 3.98. The summed E-state index contributed by atoms with van der Waals surface area (Å²) in [5, 5.41) is 3.37. The van der Waals surface area contributed by atoms with Crippen LogP contribution in [-0.4, -0.2) is 41.9 Å². The molecule has 5 nitrogen and oxygen atoms in total. The van der Waals surface area contributed by atoms with Gasteiger partial charge in [-0.05, 0) is 31.7 Å². The fourth-order valence-corrected chi connectivity index (χ4v) is 3.88. The van der Waals surface area contributed by atoms with E-state index in [4.69, 9.17) is 5.73 Å². The fraction of sp³-hybridized carbons (Fsp3) is 0.833. The van der Waals surface area contributed by atoms with E-state index in [1.54, 1.807) is 0 Å². The van der Waals surface area contributed by atoms with Crippen LogP contribution in [0.2, 0.25) is 0 Å². The van der Waals surface area contributed by atoms with Crippen molar-refractivity contribution in [3.63, 3.8) is 0 Å². The Balaban J connectivity index is 1.95. The minimum absolute atomic E-state index is 0.127. The summed E-state index contributed by atoms with van der Waals surface area (Å²) in [5.41, 5.74) is 5.51. The van der Waals surface area contributed by atoms with Gasteiger partial charge in [-0.1, -0.05) is 0 Å². The van der Waals surface area contributed by atoms with Crippen molar-refractivity contribution in [1.29, 1.82) is 0 Å². The number of hydrogen-bond donors (Lipinski definition) is 2. The third-order valence-corrected chi connectivity index (χ3v) is 4.54. The fourth-order valence-electron chi connectivity index (χ4n) is 3.88. The molecule has 5 heteroatoms. The molecule has 3 saturated heterocycles. The van der Waals surface area contributed by atoms with Gasteiger partial charge in [0.1, 0.15) is 6.04 Å². The summed E-state index contributed by atoms with van der Waals surface area (Å²) in [7, 11) is 0. The van der Waals surface area contributed by atoms with Gasteiger partial charge in [0, 0.05) is 24.9 Å². The SMILES string of the molecule is NC(=O)[C@H]1[C@@H]2CNC[C@@H](C2)[C@@H]2CCCC(=O)N21. The van der Waals surface area contributed by atoms with Crippen molar-refractivity contribution in [2.45, 2.75) is 37.8 Å². The maximum absolute atomic E-state index is 12.1. The zero-order valence-corrected chi connectivity index (χ0v) is 9.89. The van der Waals surface area contributed by atoms with E-state index in [2.05, 4.69) is 5.32 Å². The third kappa shape index (κ3) is 1.64. The Labute approximate surface area is 101 Å². The Bertz CT molecular complexity index is 358. The molecule has 0 aliphatic carbocycles. The van der Waals surface area contributed by atoms with Crippen molar-refractivity contribution >= 4 is 11.8 Å². The molecular formula is C12H19N3O2. The average molecular weight is 237 g/mol. The quantitative estimate of drug-likeness (QED) is 0.643. The Morgan fingerprint density at radius 1 is 1.35 bits per heavy atom. The molecule has 3 fully saturated rings. The monoisotopic (exact) mass is 237 g/mol. The minimum Gasteiger partial charge on any atom is -0.368 e. The summed E-state index contributed by atoms with van der Waals surface area (Å²) in [6, 6.07) is -0.144. The van der Waals surface area contributed by atoms with Crippen molar-refractivity contribution in [2.75, 3.05) is 13.1 Å². The average Bonchev–Trinajstić information content (AvgIpc) is 2.31. The van der Waals surface area contributed by atoms with Crippen LogP contribution in [0.25, 0.3) is 0 Å². The van der Waals surface area contributed by atoms with Crippen LogP contribution < -0.4 is 11.1 Å². The predicted molar refractivity (Wildman–Crippen MR) is 61.9 cm³/mol. The van der Waals surface area contributed by atoms with Crippen molar-refractivity contribution in [2.24, 2.45) is 17.6 Å². The van der Waals surface area contributed by atoms with Crippen molar-refractivity contribution < 1.29 is 9.59 Å². The van der Waals surface area contributed by atoms with Crippen LogP contribution in [0.4, 0.5) is 0 Å². The van der Waals surface area contributed by atoms with Crippen LogP contribution >= 0.6 is 0 Å². The van der Waals surface area contributed by atoms with Crippen LogP contribution in [0, 0.1) is 11.8 Å². The van der Waals surface area contributed by atoms with Crippen LogP contribution in [-0.2, 0) is 9.59 Å². The van der Waals surface area contributed by atoms with Crippen LogP contribution in [0.15, 0.2) is 0 Å². The van der Waals surface area contributed by atoms with Crippen LogP contribution in [0.1, 0.15) is 25.7 Å². The lowest BCUT2D eigenvalue weighted by molar-refractivity contribution is -0.155. The van der Waals surface area contributed by atoms with Crippen molar-refractivity contribution in [3.05, 3.63) is 0 Å². The molecule has 0 spiro atoms. The molecule has 3 heterocycles. The van der Waals surface area contributed by atoms with Gasteiger partial charge >= 0.3 is 0 Å². The summed E-state index contributed by atoms with van der Waals surface area (Å²) in [6.07, 6.45) is 3.59. The highest BCUT2D eigenvalue weighted by Crippen LogP contribution is 2.39. The number of hydrogen-bond acceptors (Lipinski definition) is 3. The Morgan fingerprint density at radius 2 is 2.12 bits per heavy atom. The standard InChI is InChI=1S/C12H19N3O2/c13-12(17)11-8-4-7(5-14-6-8)9-2-1-3-10(16)15(9)11/h7-9,11,14H,1-6H2,(H2,13,17)/t7-,8+,9+,11-/m1/s1. The molecule has 2 bridgehead atoms. The first-order chi connectivity index (χ1) is 8.18. The largest absolute Gasteiger partial charge is 0.368 e. The number of carbonyl (C=O) groups excluding carboxylic acids is 2. The lowest BCUT2D eigenvalue weighted by atomic mass is 9.72. The predicted octanol–water partition coefficient (Wildman–Crippen LogP) is -0.539. The van der Waals surface area contributed by atoms with Crippen molar-refractivity contribution in [3.8, 4) is 0 Å². The van der Waals surface area contributed by atoms with Gasteiger partial charge in [0.15, 0.2) is 0 Å². The van der Waals surface area contributed by atoms with E-state index in [0.29, 0.717) is 12.3 Å². The maximum atomic E-state index is 12.1. The molecule has 4 atom stereocenters. The molecule has 17 heavy (non-hydrogen) atoms. The zero-order valence-electron chi connectivity index (χ0n) is 9.89. The van der Waals surface area contributed by atoms with E-state index in [0.717, 1.165) is 32.4 Å². The van der Waals surface area contributed by atoms with Gasteiger partial charge in [-0.25, -0.2) is 0 Å². The van der Waals surface area contributed by atoms with E-state index in [1.807, 2.05) is 4.90 Å². The van der Waals surface area contributed by atoms with E-state index in [-0.39, 0.29) is 29.8 Å². The molecule has 0 radical (unpaired) electrons. The number of amides is 2. The Hall–Kier alpha value is -1.10. The molecule has 0 saturated carbocycles. The summed E-state index contributed by atoms with van der Waals surface area (Å²) in [5.74, 6) is 0.511. The molecule has 0 aromatic rings. The van der Waals surface area contributed by atoms with E-state index in [1.165, 1.54) is 0 Å². The van der Waals surface area contributed by atoms with Crippen LogP contribution in [0.3, 0.4) is 0 Å². The first-order valence-electron chi connectivity index (χ1n) is 6.49. The number of primary amides is 1. The minimum atomic E-state index is -0.378. The van der Waals surface area contributed by atoms with Gasteiger partial charge in [0.2, 0.25) is 11.8 Å². The second-order valence-electron chi connectivity index (χ2n) is 5.52. The number of rotatable bonds is 1.